The average Bonchev–Trinajstić information content (AvgIpc) is 3.71. The Morgan fingerprint density at radius 2 is 1.60 bits per heavy atom. The number of benzene rings is 3. The molecule has 42 heavy (non-hydrogen) atoms. The summed E-state index contributed by atoms with van der Waals surface area (Å²) in [5, 5.41) is 8.70. The van der Waals surface area contributed by atoms with E-state index in [1.807, 2.05) is 48.5 Å². The predicted molar refractivity (Wildman–Crippen MR) is 165 cm³/mol. The summed E-state index contributed by atoms with van der Waals surface area (Å²) in [6.07, 6.45) is 5.87. The van der Waals surface area contributed by atoms with Crippen molar-refractivity contribution >= 4 is 29.2 Å². The molecule has 2 unspecified atom stereocenters. The van der Waals surface area contributed by atoms with Crippen molar-refractivity contribution in [3.05, 3.63) is 99.7 Å². The molecule has 1 aliphatic carbocycles. The lowest BCUT2D eigenvalue weighted by Gasteiger charge is -2.38. The van der Waals surface area contributed by atoms with E-state index < -0.39 is 0 Å². The lowest BCUT2D eigenvalue weighted by atomic mass is 9.99. The van der Waals surface area contributed by atoms with Crippen molar-refractivity contribution in [1.29, 1.82) is 0 Å². The first kappa shape index (κ1) is 27.5. The molecule has 2 bridgehead atoms. The minimum atomic E-state index is 0.00881. The highest BCUT2D eigenvalue weighted by Crippen LogP contribution is 2.46. The molecule has 3 fully saturated rings. The minimum Gasteiger partial charge on any atom is -0.373 e. The Hall–Kier alpha value is -3.32. The number of carbonyl (C=O) groups excluding carboxylic acids is 1. The van der Waals surface area contributed by atoms with Gasteiger partial charge in [0, 0.05) is 35.7 Å². The monoisotopic (exact) mass is 601 g/mol. The van der Waals surface area contributed by atoms with Crippen LogP contribution < -0.4 is 5.32 Å². The van der Waals surface area contributed by atoms with E-state index >= 15 is 0 Å². The molecule has 4 aromatic rings. The molecular weight excluding hydrogens is 569 g/mol. The first-order valence-corrected chi connectivity index (χ1v) is 15.6. The smallest absolute Gasteiger partial charge is 0.318 e. The first-order chi connectivity index (χ1) is 20.6. The van der Waals surface area contributed by atoms with Crippen LogP contribution in [0.2, 0.25) is 10.0 Å². The molecule has 2 saturated heterocycles. The highest BCUT2D eigenvalue weighted by molar-refractivity contribution is 6.39. The Bertz CT molecular complexity index is 1550. The second-order valence-electron chi connectivity index (χ2n) is 11.6. The van der Waals surface area contributed by atoms with E-state index in [1.165, 1.54) is 0 Å². The van der Waals surface area contributed by atoms with Crippen molar-refractivity contribution in [2.75, 3.05) is 0 Å². The van der Waals surface area contributed by atoms with E-state index in [1.54, 1.807) is 0 Å². The lowest BCUT2D eigenvalue weighted by Crippen LogP contribution is -2.52. The molecule has 2 aliphatic heterocycles. The molecule has 6 nitrogen and oxygen atoms in total. The fourth-order valence-corrected chi connectivity index (χ4v) is 7.26. The Morgan fingerprint density at radius 3 is 2.31 bits per heavy atom. The summed E-state index contributed by atoms with van der Waals surface area (Å²) in [6.45, 7) is 0.878. The molecule has 2 atom stereocenters. The Labute approximate surface area is 255 Å². The topological polar surface area (TPSA) is 67.6 Å². The Balaban J connectivity index is 1.01. The number of urea groups is 1. The van der Waals surface area contributed by atoms with Crippen LogP contribution in [0, 0.1) is 0 Å². The molecular formula is C34H33Cl2N3O3. The summed E-state index contributed by atoms with van der Waals surface area (Å²) >= 11 is 13.1. The van der Waals surface area contributed by atoms with Crippen LogP contribution in [0.3, 0.4) is 0 Å². The number of nitrogens with zero attached hydrogens (tertiary/aromatic N) is 2. The number of carbonyl (C=O) groups is 1. The molecule has 216 valence electrons. The van der Waals surface area contributed by atoms with E-state index in [9.17, 15) is 4.79 Å². The molecule has 1 saturated carbocycles. The van der Waals surface area contributed by atoms with Crippen LogP contribution >= 0.6 is 23.2 Å². The van der Waals surface area contributed by atoms with Gasteiger partial charge in [0.1, 0.15) is 11.5 Å². The van der Waals surface area contributed by atoms with Crippen molar-refractivity contribution in [1.82, 2.24) is 15.4 Å². The SMILES string of the molecule is O=C(NCc1ccccc1-c1ccccc1)N1C2CCC1CC(OCc1c(-c3c(Cl)cccc3Cl)noc1C1CC1)C2. The van der Waals surface area contributed by atoms with Crippen LogP contribution in [-0.2, 0) is 17.9 Å². The van der Waals surface area contributed by atoms with E-state index in [-0.39, 0.29) is 24.2 Å². The fourth-order valence-electron chi connectivity index (χ4n) is 6.68. The quantitative estimate of drug-likeness (QED) is 0.219. The number of rotatable bonds is 8. The van der Waals surface area contributed by atoms with Gasteiger partial charge in [-0.1, -0.05) is 89.0 Å². The van der Waals surface area contributed by atoms with Gasteiger partial charge in [-0.15, -0.1) is 0 Å². The van der Waals surface area contributed by atoms with Gasteiger partial charge in [0.15, 0.2) is 0 Å². The van der Waals surface area contributed by atoms with Crippen molar-refractivity contribution in [2.24, 2.45) is 0 Å². The van der Waals surface area contributed by atoms with Gasteiger partial charge in [-0.25, -0.2) is 4.79 Å². The van der Waals surface area contributed by atoms with Gasteiger partial charge >= 0.3 is 6.03 Å². The van der Waals surface area contributed by atoms with Crippen LogP contribution in [0.5, 0.6) is 0 Å². The number of hydrogen-bond donors (Lipinski definition) is 1. The Morgan fingerprint density at radius 1 is 0.905 bits per heavy atom. The van der Waals surface area contributed by atoms with Gasteiger partial charge in [-0.2, -0.15) is 0 Å². The van der Waals surface area contributed by atoms with Crippen molar-refractivity contribution < 1.29 is 14.1 Å². The first-order valence-electron chi connectivity index (χ1n) is 14.8. The summed E-state index contributed by atoms with van der Waals surface area (Å²) in [4.78, 5) is 15.5. The molecule has 3 aromatic carbocycles. The molecule has 3 heterocycles. The number of halogens is 2. The highest BCUT2D eigenvalue weighted by Gasteiger charge is 2.44. The van der Waals surface area contributed by atoms with E-state index in [0.29, 0.717) is 40.4 Å². The molecule has 0 spiro atoms. The maximum Gasteiger partial charge on any atom is 0.318 e. The van der Waals surface area contributed by atoms with E-state index in [2.05, 4.69) is 39.6 Å². The van der Waals surface area contributed by atoms with Crippen molar-refractivity contribution in [2.45, 2.75) is 75.8 Å². The number of ether oxygens (including phenoxy) is 1. The van der Waals surface area contributed by atoms with Crippen LogP contribution in [0.15, 0.2) is 77.3 Å². The maximum absolute atomic E-state index is 13.5. The van der Waals surface area contributed by atoms with Crippen LogP contribution in [0.4, 0.5) is 4.79 Å². The summed E-state index contributed by atoms with van der Waals surface area (Å²) in [5.74, 6) is 1.26. The Kier molecular flexibility index (Phi) is 7.70. The lowest BCUT2D eigenvalue weighted by molar-refractivity contribution is -0.0172. The molecule has 7 rings (SSSR count). The summed E-state index contributed by atoms with van der Waals surface area (Å²) in [5.41, 5.74) is 5.70. The second-order valence-corrected chi connectivity index (χ2v) is 12.4. The van der Waals surface area contributed by atoms with Crippen molar-refractivity contribution in [3.63, 3.8) is 0 Å². The van der Waals surface area contributed by atoms with Crippen LogP contribution in [0.1, 0.15) is 61.3 Å². The summed E-state index contributed by atoms with van der Waals surface area (Å²) in [6, 6.07) is 24.4. The zero-order valence-electron chi connectivity index (χ0n) is 23.3. The molecule has 1 N–H and O–H groups in total. The molecule has 2 amide bonds. The van der Waals surface area contributed by atoms with Gasteiger partial charge in [0.25, 0.3) is 0 Å². The molecule has 1 aromatic heterocycles. The third kappa shape index (κ3) is 5.44. The summed E-state index contributed by atoms with van der Waals surface area (Å²) in [7, 11) is 0. The minimum absolute atomic E-state index is 0.00881. The number of fused-ring (bicyclic) bond motifs is 2. The summed E-state index contributed by atoms with van der Waals surface area (Å²) < 4.78 is 12.4. The third-order valence-corrected chi connectivity index (χ3v) is 9.52. The zero-order valence-corrected chi connectivity index (χ0v) is 24.8. The highest BCUT2D eigenvalue weighted by atomic mass is 35.5. The fraction of sp³-hybridized carbons (Fsp3) is 0.353. The maximum atomic E-state index is 13.5. The number of aromatic nitrogens is 1. The van der Waals surface area contributed by atoms with Crippen LogP contribution in [-0.4, -0.2) is 34.3 Å². The number of nitrogens with one attached hydrogen (secondary N) is 1. The number of piperidine rings is 1. The largest absolute Gasteiger partial charge is 0.373 e. The van der Waals surface area contributed by atoms with Gasteiger partial charge in [0.2, 0.25) is 0 Å². The van der Waals surface area contributed by atoms with Crippen molar-refractivity contribution in [3.8, 4) is 22.4 Å². The molecule has 0 radical (unpaired) electrons. The van der Waals surface area contributed by atoms with Gasteiger partial charge in [0.05, 0.1) is 22.8 Å². The average molecular weight is 603 g/mol. The normalized spacial score (nSPS) is 21.5. The molecule has 3 aliphatic rings. The van der Waals surface area contributed by atoms with E-state index in [4.69, 9.17) is 32.5 Å². The van der Waals surface area contributed by atoms with E-state index in [0.717, 1.165) is 66.5 Å². The van der Waals surface area contributed by atoms with Gasteiger partial charge < -0.3 is 19.5 Å². The second kappa shape index (κ2) is 11.8. The van der Waals surface area contributed by atoms with Gasteiger partial charge in [-0.05, 0) is 67.3 Å². The standard InChI is InChI=1S/C34H33Cl2N3O3/c35-29-11-6-12-30(36)31(29)32-28(33(42-38-32)22-13-14-22)20-41-26-17-24-15-16-25(18-26)39(24)34(40)37-19-23-9-4-5-10-27(23)21-7-2-1-3-8-21/h1-12,22,24-26H,13-20H2,(H,37,40). The predicted octanol–water partition coefficient (Wildman–Crippen LogP) is 8.61. The number of hydrogen-bond acceptors (Lipinski definition) is 4. The third-order valence-electron chi connectivity index (χ3n) is 8.89. The zero-order chi connectivity index (χ0) is 28.6. The number of amides is 2. The molecule has 8 heteroatoms. The van der Waals surface area contributed by atoms with Crippen LogP contribution in [0.25, 0.3) is 22.4 Å². The van der Waals surface area contributed by atoms with Gasteiger partial charge in [-0.3, -0.25) is 0 Å².